The summed E-state index contributed by atoms with van der Waals surface area (Å²) in [5.41, 5.74) is 10.3. The minimum absolute atomic E-state index is 0.0848. The summed E-state index contributed by atoms with van der Waals surface area (Å²) in [5.74, 6) is -1.13. The van der Waals surface area contributed by atoms with Gasteiger partial charge in [-0.15, -0.1) is 0 Å². The van der Waals surface area contributed by atoms with E-state index in [9.17, 15) is 4.57 Å². The number of hydrogen-bond donors (Lipinski definition) is 5. The van der Waals surface area contributed by atoms with Gasteiger partial charge in [0.15, 0.2) is 0 Å². The minimum Gasteiger partial charge on any atom is -0.329 e. The number of nitrogens with one attached hydrogen (secondary N) is 1. The van der Waals surface area contributed by atoms with Crippen LogP contribution in [0.5, 0.6) is 0 Å². The zero-order chi connectivity index (χ0) is 8.91. The van der Waals surface area contributed by atoms with E-state index in [1.54, 1.807) is 0 Å². The van der Waals surface area contributed by atoms with Gasteiger partial charge in [0.1, 0.15) is 5.78 Å². The number of nitrogens with two attached hydrogens (primary N) is 2. The average molecular weight is 183 g/mol. The lowest BCUT2D eigenvalue weighted by Gasteiger charge is -2.13. The Morgan fingerprint density at radius 1 is 1.55 bits per heavy atom. The molecule has 0 spiro atoms. The van der Waals surface area contributed by atoms with Gasteiger partial charge < -0.3 is 26.6 Å². The zero-order valence-electron chi connectivity index (χ0n) is 6.10. The molecule has 0 heterocycles. The van der Waals surface area contributed by atoms with Crippen molar-refractivity contribution >= 4 is 7.60 Å². The summed E-state index contributed by atoms with van der Waals surface area (Å²) >= 11 is 0. The van der Waals surface area contributed by atoms with Gasteiger partial charge in [-0.1, -0.05) is 0 Å². The Hall–Kier alpha value is 0.0300. The minimum atomic E-state index is -4.12. The fourth-order valence-electron chi connectivity index (χ4n) is 0.471. The maximum Gasteiger partial charge on any atom is 0.343 e. The molecular formula is C4H14N3O3P. The van der Waals surface area contributed by atoms with Crippen LogP contribution in [0.2, 0.25) is 0 Å². The summed E-state index contributed by atoms with van der Waals surface area (Å²) < 4.78 is 10.4. The van der Waals surface area contributed by atoms with Crippen molar-refractivity contribution in [2.24, 2.45) is 11.5 Å². The predicted molar refractivity (Wildman–Crippen MR) is 41.9 cm³/mol. The Balaban J connectivity index is 3.53. The first-order valence-corrected chi connectivity index (χ1v) is 4.88. The van der Waals surface area contributed by atoms with Gasteiger partial charge >= 0.3 is 7.60 Å². The molecule has 0 rings (SSSR count). The molecule has 7 heteroatoms. The smallest absolute Gasteiger partial charge is 0.329 e. The molecular weight excluding hydrogens is 169 g/mol. The molecule has 0 aromatic rings. The quantitative estimate of drug-likeness (QED) is 0.248. The summed E-state index contributed by atoms with van der Waals surface area (Å²) in [7, 11) is -4.12. The van der Waals surface area contributed by atoms with Crippen molar-refractivity contribution in [3.8, 4) is 0 Å². The molecule has 0 fully saturated rings. The van der Waals surface area contributed by atoms with Crippen LogP contribution in [0, 0.1) is 0 Å². The average Bonchev–Trinajstić information content (AvgIpc) is 1.86. The highest BCUT2D eigenvalue weighted by atomic mass is 31.2. The van der Waals surface area contributed by atoms with Crippen molar-refractivity contribution in [3.63, 3.8) is 0 Å². The van der Waals surface area contributed by atoms with Gasteiger partial charge in [-0.25, -0.2) is 0 Å². The molecule has 0 aromatic heterocycles. The van der Waals surface area contributed by atoms with Crippen LogP contribution in [-0.4, -0.2) is 35.2 Å². The molecule has 68 valence electrons. The van der Waals surface area contributed by atoms with E-state index in [1.807, 2.05) is 0 Å². The van der Waals surface area contributed by atoms with Crippen molar-refractivity contribution in [3.05, 3.63) is 0 Å². The molecule has 0 aliphatic rings. The predicted octanol–water partition coefficient (Wildman–Crippen LogP) is -2.00. The first kappa shape index (κ1) is 11.0. The van der Waals surface area contributed by atoms with E-state index < -0.39 is 13.4 Å². The molecule has 0 saturated carbocycles. The summed E-state index contributed by atoms with van der Waals surface area (Å²) in [5, 5.41) is 2.70. The van der Waals surface area contributed by atoms with Gasteiger partial charge in [-0.2, -0.15) is 0 Å². The zero-order valence-corrected chi connectivity index (χ0v) is 7.00. The van der Waals surface area contributed by atoms with Gasteiger partial charge in [0.05, 0.1) is 0 Å². The molecule has 0 aromatic carbocycles. The maximum absolute atomic E-state index is 10.4. The fourth-order valence-corrected chi connectivity index (χ4v) is 0.838. The van der Waals surface area contributed by atoms with Crippen LogP contribution in [0.25, 0.3) is 0 Å². The monoisotopic (exact) mass is 183 g/mol. The first-order valence-electron chi connectivity index (χ1n) is 3.20. The van der Waals surface area contributed by atoms with E-state index in [4.69, 9.17) is 21.3 Å². The van der Waals surface area contributed by atoms with Crippen molar-refractivity contribution in [2.75, 3.05) is 19.6 Å². The third-order valence-electron chi connectivity index (χ3n) is 1.11. The Kier molecular flexibility index (Phi) is 4.83. The van der Waals surface area contributed by atoms with E-state index in [-0.39, 0.29) is 6.54 Å². The molecule has 0 radical (unpaired) electrons. The highest BCUT2D eigenvalue weighted by molar-refractivity contribution is 7.52. The van der Waals surface area contributed by atoms with Gasteiger partial charge in [-0.05, 0) is 0 Å². The summed E-state index contributed by atoms with van der Waals surface area (Å²) in [4.78, 5) is 17.0. The molecule has 1 atom stereocenters. The van der Waals surface area contributed by atoms with E-state index in [0.29, 0.717) is 13.1 Å². The van der Waals surface area contributed by atoms with Crippen molar-refractivity contribution in [1.29, 1.82) is 0 Å². The van der Waals surface area contributed by atoms with Crippen LogP contribution in [-0.2, 0) is 4.57 Å². The molecule has 7 N–H and O–H groups in total. The lowest BCUT2D eigenvalue weighted by molar-refractivity contribution is 0.356. The molecule has 0 amide bonds. The lowest BCUT2D eigenvalue weighted by Crippen LogP contribution is -2.35. The third-order valence-corrected chi connectivity index (χ3v) is 2.15. The molecule has 0 aliphatic carbocycles. The van der Waals surface area contributed by atoms with Gasteiger partial charge in [0.25, 0.3) is 0 Å². The van der Waals surface area contributed by atoms with Gasteiger partial charge in [0.2, 0.25) is 0 Å². The second kappa shape index (κ2) is 4.82. The van der Waals surface area contributed by atoms with E-state index in [1.165, 1.54) is 0 Å². The highest BCUT2D eigenvalue weighted by Gasteiger charge is 2.23. The summed E-state index contributed by atoms with van der Waals surface area (Å²) in [6.45, 7) is 1.02. The standard InChI is InChI=1S/C4H14N3O3P/c5-1-2-7-3-4(6)11(8,9)10/h4,7H,1-3,5-6H2,(H2,8,9,10). The first-order chi connectivity index (χ1) is 4.98. The van der Waals surface area contributed by atoms with E-state index in [2.05, 4.69) is 5.32 Å². The molecule has 0 saturated heterocycles. The number of hydrogen-bond acceptors (Lipinski definition) is 4. The largest absolute Gasteiger partial charge is 0.343 e. The van der Waals surface area contributed by atoms with Crippen LogP contribution < -0.4 is 16.8 Å². The van der Waals surface area contributed by atoms with Crippen molar-refractivity contribution in [2.45, 2.75) is 5.78 Å². The van der Waals surface area contributed by atoms with Crippen molar-refractivity contribution < 1.29 is 14.4 Å². The second-order valence-electron chi connectivity index (χ2n) is 2.15. The maximum atomic E-state index is 10.4. The Morgan fingerprint density at radius 2 is 2.09 bits per heavy atom. The molecule has 6 nitrogen and oxygen atoms in total. The lowest BCUT2D eigenvalue weighted by atomic mass is 10.6. The Bertz CT molecular complexity index is 148. The van der Waals surface area contributed by atoms with Crippen LogP contribution in [0.15, 0.2) is 0 Å². The molecule has 11 heavy (non-hydrogen) atoms. The molecule has 1 unspecified atom stereocenters. The van der Waals surface area contributed by atoms with E-state index in [0.717, 1.165) is 0 Å². The Labute approximate surface area is 65.1 Å². The topological polar surface area (TPSA) is 122 Å². The SMILES string of the molecule is NCCNCC(N)P(=O)(O)O. The number of rotatable bonds is 5. The summed E-state index contributed by atoms with van der Waals surface area (Å²) in [6, 6.07) is 0. The normalized spacial score (nSPS) is 14.9. The van der Waals surface area contributed by atoms with Crippen LogP contribution in [0.1, 0.15) is 0 Å². The molecule has 0 bridgehead atoms. The van der Waals surface area contributed by atoms with Crippen LogP contribution in [0.3, 0.4) is 0 Å². The molecule has 0 aliphatic heterocycles. The van der Waals surface area contributed by atoms with E-state index >= 15 is 0 Å². The summed E-state index contributed by atoms with van der Waals surface area (Å²) in [6.07, 6.45) is 0. The highest BCUT2D eigenvalue weighted by Crippen LogP contribution is 2.37. The van der Waals surface area contributed by atoms with Crippen LogP contribution in [0.4, 0.5) is 0 Å². The second-order valence-corrected chi connectivity index (χ2v) is 3.99. The fraction of sp³-hybridized carbons (Fsp3) is 1.00. The van der Waals surface area contributed by atoms with Gasteiger partial charge in [-0.3, -0.25) is 4.57 Å². The van der Waals surface area contributed by atoms with Crippen molar-refractivity contribution in [1.82, 2.24) is 5.32 Å². The third kappa shape index (κ3) is 5.32. The van der Waals surface area contributed by atoms with Gasteiger partial charge in [0, 0.05) is 19.6 Å². The van der Waals surface area contributed by atoms with Crippen LogP contribution >= 0.6 is 7.60 Å². The Morgan fingerprint density at radius 3 is 2.45 bits per heavy atom.